The first kappa shape index (κ1) is 19.5. The normalized spacial score (nSPS) is 19.6. The number of benzene rings is 1. The van der Waals surface area contributed by atoms with Crippen LogP contribution >= 0.6 is 0 Å². The molecule has 0 N–H and O–H groups in total. The molecular weight excluding hydrogens is 336 g/mol. The molecule has 144 valence electrons. The number of carbonyl (C=O) groups is 1. The van der Waals surface area contributed by atoms with E-state index in [-0.39, 0.29) is 11.9 Å². The van der Waals surface area contributed by atoms with Crippen LogP contribution in [-0.2, 0) is 4.79 Å². The van der Waals surface area contributed by atoms with Gasteiger partial charge in [-0.15, -0.1) is 0 Å². The number of aryl methyl sites for hydroxylation is 1. The molecule has 0 radical (unpaired) electrons. The van der Waals surface area contributed by atoms with Gasteiger partial charge in [0.2, 0.25) is 5.88 Å². The summed E-state index contributed by atoms with van der Waals surface area (Å²) in [6.45, 7) is 4.29. The van der Waals surface area contributed by atoms with E-state index in [1.807, 2.05) is 24.3 Å². The molecule has 27 heavy (non-hydrogen) atoms. The predicted octanol–water partition coefficient (Wildman–Crippen LogP) is 5.74. The highest BCUT2D eigenvalue weighted by Crippen LogP contribution is 2.32. The molecule has 0 aliphatic heterocycles. The van der Waals surface area contributed by atoms with Gasteiger partial charge in [0.05, 0.1) is 24.0 Å². The summed E-state index contributed by atoms with van der Waals surface area (Å²) in [6.07, 6.45) is 12.6. The number of carbonyl (C=O) groups excluding carboxylic acids is 1. The molecule has 0 unspecified atom stereocenters. The number of hydrogen-bond donors (Lipinski definition) is 0. The average Bonchev–Trinajstić information content (AvgIpc) is 2.70. The number of aromatic nitrogens is 2. The number of unbranched alkanes of at least 4 members (excludes halogenated alkanes) is 2. The molecule has 1 fully saturated rings. The second kappa shape index (κ2) is 9.63. The predicted molar refractivity (Wildman–Crippen MR) is 107 cm³/mol. The number of ether oxygens (including phenoxy) is 1. The summed E-state index contributed by atoms with van der Waals surface area (Å²) < 4.78 is 5.49. The van der Waals surface area contributed by atoms with Crippen LogP contribution in [0.1, 0.15) is 63.9 Å². The molecule has 2 aromatic rings. The minimum atomic E-state index is -0.153. The zero-order valence-electron chi connectivity index (χ0n) is 16.5. The maximum atomic E-state index is 12.4. The van der Waals surface area contributed by atoms with Crippen LogP contribution in [0.2, 0.25) is 0 Å². The van der Waals surface area contributed by atoms with Gasteiger partial charge in [-0.1, -0.05) is 62.4 Å². The Balaban J connectivity index is 1.49. The maximum absolute atomic E-state index is 12.4. The molecule has 1 aliphatic rings. The summed E-state index contributed by atoms with van der Waals surface area (Å²) in [6, 6.07) is 8.13. The van der Waals surface area contributed by atoms with E-state index >= 15 is 0 Å². The van der Waals surface area contributed by atoms with Crippen LogP contribution in [0.5, 0.6) is 5.88 Å². The van der Waals surface area contributed by atoms with Crippen LogP contribution in [0.4, 0.5) is 0 Å². The molecule has 4 heteroatoms. The van der Waals surface area contributed by atoms with Crippen LogP contribution in [0.25, 0.3) is 11.3 Å². The van der Waals surface area contributed by atoms with Crippen molar-refractivity contribution in [3.63, 3.8) is 0 Å². The maximum Gasteiger partial charge on any atom is 0.315 e. The lowest BCUT2D eigenvalue weighted by Gasteiger charge is -2.27. The van der Waals surface area contributed by atoms with Gasteiger partial charge in [0.25, 0.3) is 0 Å². The summed E-state index contributed by atoms with van der Waals surface area (Å²) in [7, 11) is 0. The van der Waals surface area contributed by atoms with E-state index in [4.69, 9.17) is 4.74 Å². The standard InChI is InChI=1S/C23H30N2O2/c1-3-4-5-6-18-9-13-20(14-10-18)23(26)27-22-16-24-21(15-25-22)19-11-7-17(2)8-12-19/h7-8,11-12,15-16,18,20H,3-6,9-10,13-14H2,1-2H3/t18-,20-. The van der Waals surface area contributed by atoms with Crippen LogP contribution in [0.15, 0.2) is 36.7 Å². The van der Waals surface area contributed by atoms with Crippen LogP contribution in [0, 0.1) is 18.8 Å². The summed E-state index contributed by atoms with van der Waals surface area (Å²) in [5.41, 5.74) is 2.99. The van der Waals surface area contributed by atoms with E-state index in [0.29, 0.717) is 5.88 Å². The molecule has 1 heterocycles. The number of nitrogens with zero attached hydrogens (tertiary/aromatic N) is 2. The van der Waals surface area contributed by atoms with Gasteiger partial charge in [-0.25, -0.2) is 9.97 Å². The molecule has 1 saturated carbocycles. The fourth-order valence-corrected chi connectivity index (χ4v) is 3.80. The lowest BCUT2D eigenvalue weighted by atomic mass is 9.80. The van der Waals surface area contributed by atoms with E-state index in [1.165, 1.54) is 31.2 Å². The van der Waals surface area contributed by atoms with Gasteiger partial charge in [0.15, 0.2) is 0 Å². The number of esters is 1. The third-order valence-corrected chi connectivity index (χ3v) is 5.58. The smallest absolute Gasteiger partial charge is 0.315 e. The van der Waals surface area contributed by atoms with E-state index < -0.39 is 0 Å². The highest BCUT2D eigenvalue weighted by molar-refractivity contribution is 5.74. The highest BCUT2D eigenvalue weighted by atomic mass is 16.5. The van der Waals surface area contributed by atoms with E-state index in [0.717, 1.165) is 42.9 Å². The van der Waals surface area contributed by atoms with Crippen molar-refractivity contribution >= 4 is 5.97 Å². The van der Waals surface area contributed by atoms with Crippen molar-refractivity contribution in [2.75, 3.05) is 0 Å². The largest absolute Gasteiger partial charge is 0.406 e. The summed E-state index contributed by atoms with van der Waals surface area (Å²) >= 11 is 0. The first-order chi connectivity index (χ1) is 13.2. The van der Waals surface area contributed by atoms with Crippen molar-refractivity contribution in [3.05, 3.63) is 42.2 Å². The van der Waals surface area contributed by atoms with Crippen molar-refractivity contribution in [1.29, 1.82) is 0 Å². The van der Waals surface area contributed by atoms with Crippen LogP contribution in [-0.4, -0.2) is 15.9 Å². The zero-order chi connectivity index (χ0) is 19.1. The molecule has 1 aliphatic carbocycles. The highest BCUT2D eigenvalue weighted by Gasteiger charge is 2.27. The average molecular weight is 367 g/mol. The van der Waals surface area contributed by atoms with Crippen molar-refractivity contribution in [2.24, 2.45) is 11.8 Å². The van der Waals surface area contributed by atoms with E-state index in [9.17, 15) is 4.79 Å². The second-order valence-electron chi connectivity index (χ2n) is 7.74. The lowest BCUT2D eigenvalue weighted by molar-refractivity contribution is -0.140. The second-order valence-corrected chi connectivity index (χ2v) is 7.74. The molecule has 0 amide bonds. The third kappa shape index (κ3) is 5.62. The Morgan fingerprint density at radius 3 is 2.41 bits per heavy atom. The molecular formula is C23H30N2O2. The van der Waals surface area contributed by atoms with E-state index in [1.54, 1.807) is 12.4 Å². The van der Waals surface area contributed by atoms with Gasteiger partial charge >= 0.3 is 5.97 Å². The van der Waals surface area contributed by atoms with Gasteiger partial charge in [-0.3, -0.25) is 4.79 Å². The van der Waals surface area contributed by atoms with Crippen LogP contribution in [0.3, 0.4) is 0 Å². The molecule has 1 aromatic heterocycles. The fraction of sp³-hybridized carbons (Fsp3) is 0.522. The summed E-state index contributed by atoms with van der Waals surface area (Å²) in [5.74, 6) is 0.931. The molecule has 0 saturated heterocycles. The SMILES string of the molecule is CCCCC[C@H]1CC[C@H](C(=O)Oc2cnc(-c3ccc(C)cc3)cn2)CC1. The van der Waals surface area contributed by atoms with E-state index in [2.05, 4.69) is 23.8 Å². The zero-order valence-corrected chi connectivity index (χ0v) is 16.5. The van der Waals surface area contributed by atoms with Gasteiger partial charge < -0.3 is 4.74 Å². The first-order valence-corrected chi connectivity index (χ1v) is 10.3. The number of hydrogen-bond acceptors (Lipinski definition) is 4. The lowest BCUT2D eigenvalue weighted by Crippen LogP contribution is -2.26. The van der Waals surface area contributed by atoms with Gasteiger partial charge in [-0.05, 0) is 38.5 Å². The van der Waals surface area contributed by atoms with Gasteiger partial charge in [0, 0.05) is 5.56 Å². The summed E-state index contributed by atoms with van der Waals surface area (Å²) in [5, 5.41) is 0. The Labute approximate surface area is 162 Å². The fourth-order valence-electron chi connectivity index (χ4n) is 3.80. The molecule has 0 spiro atoms. The van der Waals surface area contributed by atoms with Crippen LogP contribution < -0.4 is 4.74 Å². The van der Waals surface area contributed by atoms with Gasteiger partial charge in [-0.2, -0.15) is 0 Å². The van der Waals surface area contributed by atoms with Crippen molar-refractivity contribution < 1.29 is 9.53 Å². The first-order valence-electron chi connectivity index (χ1n) is 10.3. The van der Waals surface area contributed by atoms with Crippen molar-refractivity contribution in [1.82, 2.24) is 9.97 Å². The Kier molecular flexibility index (Phi) is 6.97. The quantitative estimate of drug-likeness (QED) is 0.463. The van der Waals surface area contributed by atoms with Gasteiger partial charge in [0.1, 0.15) is 0 Å². The molecule has 1 aromatic carbocycles. The number of rotatable bonds is 7. The molecule has 4 nitrogen and oxygen atoms in total. The minimum Gasteiger partial charge on any atom is -0.406 e. The Morgan fingerprint density at radius 1 is 1.04 bits per heavy atom. The molecule has 0 bridgehead atoms. The minimum absolute atomic E-state index is 0.00556. The monoisotopic (exact) mass is 366 g/mol. The third-order valence-electron chi connectivity index (χ3n) is 5.58. The Bertz CT molecular complexity index is 717. The topological polar surface area (TPSA) is 52.1 Å². The molecule has 0 atom stereocenters. The summed E-state index contributed by atoms with van der Waals surface area (Å²) in [4.78, 5) is 21.1. The van der Waals surface area contributed by atoms with Crippen molar-refractivity contribution in [2.45, 2.75) is 65.2 Å². The Morgan fingerprint density at radius 2 is 1.78 bits per heavy atom. The molecule has 3 rings (SSSR count). The van der Waals surface area contributed by atoms with Crippen molar-refractivity contribution in [3.8, 4) is 17.1 Å². The Hall–Kier alpha value is -2.23.